The van der Waals surface area contributed by atoms with E-state index in [2.05, 4.69) is 16.0 Å². The molecule has 11 heteroatoms. The molecule has 0 saturated carbocycles. The SMILES string of the molecule is CC(=O)NCCNC(=O)c1cccc(OCC(N)OCCOCC(=O)NCCc2ccc(O)cc2)c1. The van der Waals surface area contributed by atoms with Gasteiger partial charge in [0, 0.05) is 32.1 Å². The topological polar surface area (TPSA) is 161 Å². The average molecular weight is 503 g/mol. The minimum Gasteiger partial charge on any atom is -0.508 e. The molecule has 196 valence electrons. The molecular weight excluding hydrogens is 468 g/mol. The van der Waals surface area contributed by atoms with Crippen LogP contribution in [-0.2, 0) is 25.5 Å². The molecule has 11 nitrogen and oxygen atoms in total. The van der Waals surface area contributed by atoms with Gasteiger partial charge in [0.25, 0.3) is 5.91 Å². The van der Waals surface area contributed by atoms with E-state index in [1.165, 1.54) is 6.92 Å². The van der Waals surface area contributed by atoms with Crippen LogP contribution in [0, 0.1) is 0 Å². The summed E-state index contributed by atoms with van der Waals surface area (Å²) in [5.41, 5.74) is 7.31. The van der Waals surface area contributed by atoms with Crippen molar-refractivity contribution in [1.82, 2.24) is 16.0 Å². The van der Waals surface area contributed by atoms with Crippen molar-refractivity contribution in [3.05, 3.63) is 59.7 Å². The second kappa shape index (κ2) is 16.1. The van der Waals surface area contributed by atoms with Gasteiger partial charge in [-0.2, -0.15) is 0 Å². The summed E-state index contributed by atoms with van der Waals surface area (Å²) in [5, 5.41) is 17.3. The van der Waals surface area contributed by atoms with E-state index in [1.54, 1.807) is 48.5 Å². The van der Waals surface area contributed by atoms with Crippen LogP contribution in [0.3, 0.4) is 0 Å². The highest BCUT2D eigenvalue weighted by molar-refractivity contribution is 5.94. The number of carbonyl (C=O) groups excluding carboxylic acids is 3. The molecule has 0 radical (unpaired) electrons. The minimum atomic E-state index is -0.720. The number of nitrogens with one attached hydrogen (secondary N) is 3. The molecule has 0 aliphatic carbocycles. The number of aromatic hydroxyl groups is 1. The molecule has 0 bridgehead atoms. The van der Waals surface area contributed by atoms with E-state index in [-0.39, 0.29) is 49.9 Å². The highest BCUT2D eigenvalue weighted by atomic mass is 16.6. The van der Waals surface area contributed by atoms with Gasteiger partial charge in [-0.05, 0) is 42.3 Å². The largest absolute Gasteiger partial charge is 0.508 e. The van der Waals surface area contributed by atoms with Crippen LogP contribution in [-0.4, -0.2) is 75.1 Å². The van der Waals surface area contributed by atoms with Crippen molar-refractivity contribution in [2.24, 2.45) is 5.73 Å². The van der Waals surface area contributed by atoms with E-state index in [9.17, 15) is 19.5 Å². The van der Waals surface area contributed by atoms with Crippen LogP contribution in [0.15, 0.2) is 48.5 Å². The molecule has 0 aromatic heterocycles. The number of hydrogen-bond acceptors (Lipinski definition) is 8. The summed E-state index contributed by atoms with van der Waals surface area (Å²) in [6.07, 6.45) is -0.0706. The molecule has 3 amide bonds. The number of amides is 3. The zero-order chi connectivity index (χ0) is 26.2. The van der Waals surface area contributed by atoms with Crippen molar-refractivity contribution in [3.63, 3.8) is 0 Å². The van der Waals surface area contributed by atoms with Crippen LogP contribution in [0.4, 0.5) is 0 Å². The maximum absolute atomic E-state index is 12.2. The van der Waals surface area contributed by atoms with Crippen molar-refractivity contribution >= 4 is 17.7 Å². The van der Waals surface area contributed by atoms with E-state index in [0.717, 1.165) is 5.56 Å². The summed E-state index contributed by atoms with van der Waals surface area (Å²) in [6, 6.07) is 13.4. The molecule has 6 N–H and O–H groups in total. The highest BCUT2D eigenvalue weighted by Crippen LogP contribution is 2.13. The molecule has 2 aromatic carbocycles. The van der Waals surface area contributed by atoms with Gasteiger partial charge in [-0.3, -0.25) is 14.4 Å². The van der Waals surface area contributed by atoms with Crippen molar-refractivity contribution in [1.29, 1.82) is 0 Å². The molecular formula is C25H34N4O7. The van der Waals surface area contributed by atoms with Crippen LogP contribution in [0.2, 0.25) is 0 Å². The number of phenols is 1. The second-order valence-corrected chi connectivity index (χ2v) is 7.81. The summed E-state index contributed by atoms with van der Waals surface area (Å²) in [7, 11) is 0. The van der Waals surface area contributed by atoms with E-state index in [1.807, 2.05) is 0 Å². The lowest BCUT2D eigenvalue weighted by Crippen LogP contribution is -2.34. The fraction of sp³-hybridized carbons (Fsp3) is 0.400. The third kappa shape index (κ3) is 12.2. The molecule has 0 spiro atoms. The van der Waals surface area contributed by atoms with Gasteiger partial charge < -0.3 is 41.0 Å². The lowest BCUT2D eigenvalue weighted by atomic mass is 10.1. The normalized spacial score (nSPS) is 11.4. The Labute approximate surface area is 210 Å². The number of rotatable bonds is 16. The van der Waals surface area contributed by atoms with Gasteiger partial charge in [0.15, 0.2) is 0 Å². The molecule has 0 heterocycles. The molecule has 2 aromatic rings. The number of hydrogen-bond donors (Lipinski definition) is 5. The lowest BCUT2D eigenvalue weighted by molar-refractivity contribution is -0.126. The predicted molar refractivity (Wildman–Crippen MR) is 133 cm³/mol. The van der Waals surface area contributed by atoms with Crippen LogP contribution in [0.5, 0.6) is 11.5 Å². The average Bonchev–Trinajstić information content (AvgIpc) is 2.86. The quantitative estimate of drug-likeness (QED) is 0.162. The zero-order valence-electron chi connectivity index (χ0n) is 20.3. The van der Waals surface area contributed by atoms with Crippen molar-refractivity contribution in [2.75, 3.05) is 46.1 Å². The number of carbonyl (C=O) groups is 3. The van der Waals surface area contributed by atoms with Gasteiger partial charge >= 0.3 is 0 Å². The molecule has 0 fully saturated rings. The van der Waals surface area contributed by atoms with Gasteiger partial charge in [0.1, 0.15) is 30.9 Å². The Bertz CT molecular complexity index is 969. The molecule has 1 atom stereocenters. The first-order chi connectivity index (χ1) is 17.3. The first-order valence-electron chi connectivity index (χ1n) is 11.6. The van der Waals surface area contributed by atoms with Gasteiger partial charge in [-0.25, -0.2) is 0 Å². The molecule has 2 rings (SSSR count). The van der Waals surface area contributed by atoms with Crippen LogP contribution in [0.1, 0.15) is 22.8 Å². The molecule has 0 aliphatic heterocycles. The van der Waals surface area contributed by atoms with Crippen molar-refractivity contribution < 1.29 is 33.7 Å². The molecule has 0 aliphatic rings. The number of phenolic OH excluding ortho intramolecular Hbond substituents is 1. The van der Waals surface area contributed by atoms with Crippen molar-refractivity contribution in [3.8, 4) is 11.5 Å². The van der Waals surface area contributed by atoms with E-state index < -0.39 is 6.23 Å². The summed E-state index contributed by atoms with van der Waals surface area (Å²) in [5.74, 6) is -0.0127. The fourth-order valence-corrected chi connectivity index (χ4v) is 2.95. The standard InChI is InChI=1S/C25H34N4O7/c1-18(30)27-11-12-29-25(33)20-3-2-4-22(15-20)36-16-23(26)35-14-13-34-17-24(32)28-10-9-19-5-7-21(31)8-6-19/h2-8,15,23,31H,9-14,16-17,26H2,1H3,(H,27,30)(H,28,32)(H,29,33). The Morgan fingerprint density at radius 2 is 1.72 bits per heavy atom. The third-order valence-corrected chi connectivity index (χ3v) is 4.76. The van der Waals surface area contributed by atoms with Crippen molar-refractivity contribution in [2.45, 2.75) is 19.6 Å². The first kappa shape index (κ1) is 28.6. The van der Waals surface area contributed by atoms with Gasteiger partial charge in [0.2, 0.25) is 11.8 Å². The maximum atomic E-state index is 12.2. The summed E-state index contributed by atoms with van der Waals surface area (Å²) in [4.78, 5) is 34.8. The Balaban J connectivity index is 1.54. The number of ether oxygens (including phenoxy) is 3. The Hall–Kier alpha value is -3.67. The maximum Gasteiger partial charge on any atom is 0.251 e. The van der Waals surface area contributed by atoms with Crippen LogP contribution >= 0.6 is 0 Å². The zero-order valence-corrected chi connectivity index (χ0v) is 20.3. The third-order valence-electron chi connectivity index (χ3n) is 4.76. The van der Waals surface area contributed by atoms with E-state index in [4.69, 9.17) is 19.9 Å². The second-order valence-electron chi connectivity index (χ2n) is 7.81. The van der Waals surface area contributed by atoms with E-state index in [0.29, 0.717) is 37.4 Å². The Morgan fingerprint density at radius 1 is 0.972 bits per heavy atom. The number of nitrogens with two attached hydrogens (primary N) is 1. The summed E-state index contributed by atoms with van der Waals surface area (Å²) in [6.45, 7) is 2.87. The Morgan fingerprint density at radius 3 is 2.47 bits per heavy atom. The summed E-state index contributed by atoms with van der Waals surface area (Å²) >= 11 is 0. The van der Waals surface area contributed by atoms with Gasteiger partial charge in [0.05, 0.1) is 13.2 Å². The predicted octanol–water partition coefficient (Wildman–Crippen LogP) is 0.314. The molecule has 36 heavy (non-hydrogen) atoms. The number of benzene rings is 2. The minimum absolute atomic E-state index is 0.0609. The monoisotopic (exact) mass is 502 g/mol. The van der Waals surface area contributed by atoms with E-state index >= 15 is 0 Å². The van der Waals surface area contributed by atoms with Gasteiger partial charge in [-0.15, -0.1) is 0 Å². The van der Waals surface area contributed by atoms with Gasteiger partial charge in [-0.1, -0.05) is 18.2 Å². The Kier molecular flexibility index (Phi) is 12.8. The summed E-state index contributed by atoms with van der Waals surface area (Å²) < 4.78 is 16.3. The first-order valence-corrected chi connectivity index (χ1v) is 11.6. The van der Waals surface area contributed by atoms with Crippen LogP contribution < -0.4 is 26.4 Å². The fourth-order valence-electron chi connectivity index (χ4n) is 2.95. The molecule has 0 saturated heterocycles. The smallest absolute Gasteiger partial charge is 0.251 e. The highest BCUT2D eigenvalue weighted by Gasteiger charge is 2.09. The lowest BCUT2D eigenvalue weighted by Gasteiger charge is -2.15. The molecule has 1 unspecified atom stereocenters. The van der Waals surface area contributed by atoms with Crippen LogP contribution in [0.25, 0.3) is 0 Å².